The predicted molar refractivity (Wildman–Crippen MR) is 106 cm³/mol. The van der Waals surface area contributed by atoms with E-state index in [1.165, 1.54) is 0 Å². The van der Waals surface area contributed by atoms with Gasteiger partial charge >= 0.3 is 5.97 Å². The Morgan fingerprint density at radius 2 is 1.61 bits per heavy atom. The molecular weight excluding hydrogens is 372 g/mol. The number of carbonyl (C=O) groups is 2. The smallest absolute Gasteiger partial charge is 0.376 e. The summed E-state index contributed by atoms with van der Waals surface area (Å²) in [5.41, 5.74) is -0.368. The van der Waals surface area contributed by atoms with Crippen LogP contribution in [0.1, 0.15) is 17.5 Å². The van der Waals surface area contributed by atoms with Crippen molar-refractivity contribution in [3.05, 3.63) is 65.7 Å². The van der Waals surface area contributed by atoms with Crippen molar-refractivity contribution < 1.29 is 23.5 Å². The van der Waals surface area contributed by atoms with Gasteiger partial charge in [0.25, 0.3) is 0 Å². The lowest BCUT2D eigenvalue weighted by Gasteiger charge is -2.60. The van der Waals surface area contributed by atoms with Gasteiger partial charge in [0.15, 0.2) is 13.9 Å². The molecule has 146 valence electrons. The minimum atomic E-state index is -2.07. The fourth-order valence-electron chi connectivity index (χ4n) is 4.57. The van der Waals surface area contributed by atoms with Crippen LogP contribution in [0.25, 0.3) is 0 Å². The maximum absolute atomic E-state index is 12.6. The summed E-state index contributed by atoms with van der Waals surface area (Å²) in [7, 11) is -0.476. The molecule has 1 aliphatic carbocycles. The zero-order valence-electron chi connectivity index (χ0n) is 16.5. The maximum Gasteiger partial charge on any atom is 0.376 e. The highest BCUT2D eigenvalue weighted by Gasteiger charge is 2.78. The minimum absolute atomic E-state index is 0.428. The molecule has 0 N–H and O–H groups in total. The van der Waals surface area contributed by atoms with Gasteiger partial charge in [0, 0.05) is 0 Å². The summed E-state index contributed by atoms with van der Waals surface area (Å²) < 4.78 is 17.9. The molecule has 0 unspecified atom stereocenters. The molecule has 5 nitrogen and oxygen atoms in total. The number of rotatable bonds is 5. The topological polar surface area (TPSA) is 61.8 Å². The van der Waals surface area contributed by atoms with Gasteiger partial charge in [-0.05, 0) is 49.3 Å². The summed E-state index contributed by atoms with van der Waals surface area (Å²) in [5, 5.41) is 0. The summed E-state index contributed by atoms with van der Waals surface area (Å²) >= 11 is 0. The van der Waals surface area contributed by atoms with Gasteiger partial charge in [0.2, 0.25) is 5.78 Å². The zero-order chi connectivity index (χ0) is 20.2. The first-order valence-corrected chi connectivity index (χ1v) is 12.8. The number of benzene rings is 2. The first kappa shape index (κ1) is 18.9. The zero-order valence-corrected chi connectivity index (χ0v) is 17.5. The van der Waals surface area contributed by atoms with Crippen molar-refractivity contribution in [2.45, 2.75) is 37.3 Å². The molecule has 1 heterocycles. The summed E-state index contributed by atoms with van der Waals surface area (Å²) in [6.45, 7) is 6.31. The van der Waals surface area contributed by atoms with Gasteiger partial charge in [0.05, 0.1) is 13.0 Å². The van der Waals surface area contributed by atoms with Crippen LogP contribution in [0.3, 0.4) is 0 Å². The van der Waals surface area contributed by atoms with E-state index in [9.17, 15) is 9.59 Å². The van der Waals surface area contributed by atoms with Crippen molar-refractivity contribution in [3.63, 3.8) is 0 Å². The molecule has 2 aromatic carbocycles. The highest BCUT2D eigenvalue weighted by Crippen LogP contribution is 2.67. The summed E-state index contributed by atoms with van der Waals surface area (Å²) in [5.74, 6) is -1.10. The number of fused-ring (bicyclic) bond motifs is 1. The Labute approximate surface area is 165 Å². The van der Waals surface area contributed by atoms with Crippen molar-refractivity contribution in [2.24, 2.45) is 5.92 Å². The Hall–Kier alpha value is -2.44. The molecule has 0 aromatic heterocycles. The predicted octanol–water partition coefficient (Wildman–Crippen LogP) is 3.78. The molecule has 28 heavy (non-hydrogen) atoms. The first-order chi connectivity index (χ1) is 13.2. The van der Waals surface area contributed by atoms with E-state index in [0.29, 0.717) is 12.2 Å². The fourth-order valence-corrected chi connectivity index (χ4v) is 5.97. The van der Waals surface area contributed by atoms with Gasteiger partial charge in [-0.1, -0.05) is 42.5 Å². The van der Waals surface area contributed by atoms with E-state index in [-0.39, 0.29) is 0 Å². The minimum Gasteiger partial charge on any atom is -0.497 e. The molecule has 0 spiro atoms. The molecule has 0 amide bonds. The van der Waals surface area contributed by atoms with Gasteiger partial charge in [-0.2, -0.15) is 0 Å². The number of hydrogen-bond acceptors (Lipinski definition) is 5. The Kier molecular flexibility index (Phi) is 4.24. The monoisotopic (exact) mass is 396 g/mol. The molecule has 0 radical (unpaired) electrons. The van der Waals surface area contributed by atoms with Crippen molar-refractivity contribution in [1.82, 2.24) is 0 Å². The Morgan fingerprint density at radius 3 is 2.14 bits per heavy atom. The van der Waals surface area contributed by atoms with E-state index < -0.39 is 37.2 Å². The van der Waals surface area contributed by atoms with Gasteiger partial charge in [-0.3, -0.25) is 4.79 Å². The van der Waals surface area contributed by atoms with Crippen LogP contribution in [-0.4, -0.2) is 27.2 Å². The summed E-state index contributed by atoms with van der Waals surface area (Å²) in [6, 6.07) is 17.2. The number of carbonyl (C=O) groups excluding carboxylic acids is 2. The average Bonchev–Trinajstić information content (AvgIpc) is 2.88. The lowest BCUT2D eigenvalue weighted by molar-refractivity contribution is -0.248. The van der Waals surface area contributed by atoms with Crippen molar-refractivity contribution in [3.8, 4) is 5.75 Å². The van der Waals surface area contributed by atoms with Crippen LogP contribution in [0.2, 0.25) is 19.6 Å². The second kappa shape index (κ2) is 6.29. The molecule has 1 saturated carbocycles. The van der Waals surface area contributed by atoms with Crippen LogP contribution in [0.5, 0.6) is 5.75 Å². The fraction of sp³-hybridized carbons (Fsp3) is 0.364. The number of esters is 1. The molecule has 1 saturated heterocycles. The molecule has 2 fully saturated rings. The van der Waals surface area contributed by atoms with E-state index in [1.54, 1.807) is 7.11 Å². The largest absolute Gasteiger partial charge is 0.497 e. The molecule has 1 aliphatic heterocycles. The van der Waals surface area contributed by atoms with Crippen LogP contribution in [-0.2, 0) is 30.0 Å². The molecule has 4 rings (SSSR count). The van der Waals surface area contributed by atoms with Gasteiger partial charge in [0.1, 0.15) is 11.4 Å². The van der Waals surface area contributed by atoms with Crippen molar-refractivity contribution >= 4 is 20.1 Å². The average molecular weight is 397 g/mol. The normalized spacial score (nSPS) is 29.1. The van der Waals surface area contributed by atoms with E-state index in [4.69, 9.17) is 13.9 Å². The number of methoxy groups -OCH3 is 1. The third kappa shape index (κ3) is 2.55. The quantitative estimate of drug-likeness (QED) is 0.437. The Morgan fingerprint density at radius 1 is 0.964 bits per heavy atom. The van der Waals surface area contributed by atoms with E-state index in [0.717, 1.165) is 11.1 Å². The maximum atomic E-state index is 12.6. The number of ether oxygens (including phenoxy) is 2. The molecule has 2 aliphatic rings. The summed E-state index contributed by atoms with van der Waals surface area (Å²) in [6.07, 6.45) is 0.428. The third-order valence-electron chi connectivity index (χ3n) is 5.59. The van der Waals surface area contributed by atoms with Gasteiger partial charge in [-0.15, -0.1) is 0 Å². The second-order valence-corrected chi connectivity index (χ2v) is 12.8. The number of ketones is 1. The Bertz CT molecular complexity index is 918. The van der Waals surface area contributed by atoms with Crippen LogP contribution < -0.4 is 4.74 Å². The first-order valence-electron chi connectivity index (χ1n) is 9.41. The van der Waals surface area contributed by atoms with Crippen LogP contribution >= 0.6 is 0 Å². The number of hydrogen-bond donors (Lipinski definition) is 0. The highest BCUT2D eigenvalue weighted by molar-refractivity contribution is 6.69. The van der Waals surface area contributed by atoms with E-state index >= 15 is 0 Å². The van der Waals surface area contributed by atoms with Gasteiger partial charge < -0.3 is 13.9 Å². The lowest BCUT2D eigenvalue weighted by Crippen LogP contribution is -2.67. The van der Waals surface area contributed by atoms with E-state index in [2.05, 4.69) is 19.6 Å². The van der Waals surface area contributed by atoms with Gasteiger partial charge in [-0.25, -0.2) is 4.79 Å². The van der Waals surface area contributed by atoms with Crippen molar-refractivity contribution in [1.29, 1.82) is 0 Å². The molecular formula is C22H24O5Si. The SMILES string of the molecule is COc1ccc([C@@]23OC(=O)C(=O)[C@@H]2C[C@@]3(O[Si](C)(C)C)c2ccccc2)cc1. The third-order valence-corrected chi connectivity index (χ3v) is 6.55. The summed E-state index contributed by atoms with van der Waals surface area (Å²) in [4.78, 5) is 25.0. The van der Waals surface area contributed by atoms with Crippen molar-refractivity contribution in [2.75, 3.05) is 7.11 Å². The molecule has 2 aromatic rings. The molecule has 6 heteroatoms. The standard InChI is InChI=1S/C22H24O5Si/c1-25-17-12-10-16(11-13-17)22-18(19(23)20(24)26-22)14-21(22,27-28(2,3)4)15-8-6-5-7-9-15/h5-13,18H,14H2,1-4H3/t18-,21+,22+/m0/s1. The van der Waals surface area contributed by atoms with Crippen LogP contribution in [0, 0.1) is 5.92 Å². The molecule has 3 atom stereocenters. The number of Topliss-reactive ketones (excluding diaryl/α,β-unsaturated/α-hetero) is 1. The van der Waals surface area contributed by atoms with Crippen LogP contribution in [0.15, 0.2) is 54.6 Å². The second-order valence-electron chi connectivity index (χ2n) is 8.38. The van der Waals surface area contributed by atoms with E-state index in [1.807, 2.05) is 54.6 Å². The van der Waals surface area contributed by atoms with Crippen LogP contribution in [0.4, 0.5) is 0 Å². The molecule has 0 bridgehead atoms. The lowest BCUT2D eigenvalue weighted by atomic mass is 9.52. The highest BCUT2D eigenvalue weighted by atomic mass is 28.4. The Balaban J connectivity index is 1.94.